The van der Waals surface area contributed by atoms with Crippen molar-refractivity contribution in [3.05, 3.63) is 40.6 Å². The number of nitrogens with zero attached hydrogens (tertiary/aromatic N) is 4. The molecule has 0 unspecified atom stereocenters. The van der Waals surface area contributed by atoms with E-state index in [0.717, 1.165) is 76.3 Å². The van der Waals surface area contributed by atoms with Crippen molar-refractivity contribution in [1.29, 1.82) is 0 Å². The Morgan fingerprint density at radius 3 is 2.33 bits per heavy atom. The summed E-state index contributed by atoms with van der Waals surface area (Å²) < 4.78 is 5.42. The van der Waals surface area contributed by atoms with Gasteiger partial charge < -0.3 is 14.5 Å². The fourth-order valence-corrected chi connectivity index (χ4v) is 5.09. The van der Waals surface area contributed by atoms with Crippen molar-refractivity contribution in [2.45, 2.75) is 39.2 Å². The summed E-state index contributed by atoms with van der Waals surface area (Å²) in [7, 11) is 4.13. The lowest BCUT2D eigenvalue weighted by Crippen LogP contribution is -2.44. The van der Waals surface area contributed by atoms with Gasteiger partial charge in [0.15, 0.2) is 0 Å². The van der Waals surface area contributed by atoms with Crippen LogP contribution in [0.4, 0.5) is 0 Å². The number of ether oxygens (including phenoxy) is 1. The number of aryl methyl sites for hydroxylation is 2. The summed E-state index contributed by atoms with van der Waals surface area (Å²) >= 11 is 0. The number of carbonyl (C=O) groups is 2. The number of rotatable bonds is 7. The van der Waals surface area contributed by atoms with Crippen LogP contribution in [0.3, 0.4) is 0 Å². The molecular formula is C26H38N4O3. The summed E-state index contributed by atoms with van der Waals surface area (Å²) in [5, 5.41) is 0. The van der Waals surface area contributed by atoms with Gasteiger partial charge in [0.25, 0.3) is 11.8 Å². The first-order valence-electron chi connectivity index (χ1n) is 12.3. The van der Waals surface area contributed by atoms with E-state index in [4.69, 9.17) is 4.74 Å². The molecule has 2 amide bonds. The Hall–Kier alpha value is -2.22. The summed E-state index contributed by atoms with van der Waals surface area (Å²) in [6.07, 6.45) is 2.77. The van der Waals surface area contributed by atoms with Gasteiger partial charge in [-0.05, 0) is 69.9 Å². The van der Waals surface area contributed by atoms with E-state index in [1.54, 1.807) is 0 Å². The SMILES string of the molecule is Cc1ccc(C2=C(N(C)C3CCN(C)CC3)C(=O)N(CCCN3CCOCC3)C2=O)cc1C. The molecule has 3 aliphatic heterocycles. The van der Waals surface area contributed by atoms with Crippen molar-refractivity contribution in [3.8, 4) is 0 Å². The molecule has 2 fully saturated rings. The molecular weight excluding hydrogens is 416 g/mol. The minimum Gasteiger partial charge on any atom is -0.379 e. The van der Waals surface area contributed by atoms with E-state index in [9.17, 15) is 9.59 Å². The third-order valence-electron chi connectivity index (χ3n) is 7.49. The number of carbonyl (C=O) groups excluding carboxylic acids is 2. The second-order valence-electron chi connectivity index (χ2n) is 9.74. The van der Waals surface area contributed by atoms with Crippen LogP contribution in [0.15, 0.2) is 23.9 Å². The van der Waals surface area contributed by atoms with Crippen LogP contribution in [0.25, 0.3) is 5.57 Å². The van der Waals surface area contributed by atoms with Gasteiger partial charge in [0.2, 0.25) is 0 Å². The molecule has 0 N–H and O–H groups in total. The second kappa shape index (κ2) is 10.4. The maximum atomic E-state index is 13.6. The van der Waals surface area contributed by atoms with Gasteiger partial charge in [-0.2, -0.15) is 0 Å². The number of morpholine rings is 1. The highest BCUT2D eigenvalue weighted by molar-refractivity contribution is 6.35. The summed E-state index contributed by atoms with van der Waals surface area (Å²) in [5.74, 6) is -0.295. The van der Waals surface area contributed by atoms with Crippen LogP contribution < -0.4 is 0 Å². The lowest BCUT2D eigenvalue weighted by atomic mass is 9.97. The average molecular weight is 455 g/mol. The van der Waals surface area contributed by atoms with Crippen LogP contribution in [0.5, 0.6) is 0 Å². The molecule has 1 aromatic carbocycles. The first kappa shape index (κ1) is 23.9. The topological polar surface area (TPSA) is 56.3 Å². The zero-order chi connectivity index (χ0) is 23.5. The molecule has 0 radical (unpaired) electrons. The van der Waals surface area contributed by atoms with Gasteiger partial charge in [0.1, 0.15) is 5.70 Å². The average Bonchev–Trinajstić information content (AvgIpc) is 3.06. The van der Waals surface area contributed by atoms with Crippen LogP contribution >= 0.6 is 0 Å². The van der Waals surface area contributed by atoms with E-state index < -0.39 is 0 Å². The highest BCUT2D eigenvalue weighted by atomic mass is 16.5. The fourth-order valence-electron chi connectivity index (χ4n) is 5.09. The van der Waals surface area contributed by atoms with Gasteiger partial charge in [0.05, 0.1) is 18.8 Å². The van der Waals surface area contributed by atoms with E-state index in [1.807, 2.05) is 19.2 Å². The van der Waals surface area contributed by atoms with Gasteiger partial charge >= 0.3 is 0 Å². The monoisotopic (exact) mass is 454 g/mol. The van der Waals surface area contributed by atoms with Crippen LogP contribution in [-0.2, 0) is 14.3 Å². The van der Waals surface area contributed by atoms with Crippen molar-refractivity contribution >= 4 is 17.4 Å². The smallest absolute Gasteiger partial charge is 0.277 e. The quantitative estimate of drug-likeness (QED) is 0.589. The number of piperidine rings is 1. The third-order valence-corrected chi connectivity index (χ3v) is 7.49. The van der Waals surface area contributed by atoms with Crippen LogP contribution in [-0.4, -0.2) is 104 Å². The Morgan fingerprint density at radius 2 is 1.67 bits per heavy atom. The maximum absolute atomic E-state index is 13.6. The number of imide groups is 1. The molecule has 7 nitrogen and oxygen atoms in total. The molecule has 3 heterocycles. The lowest BCUT2D eigenvalue weighted by molar-refractivity contribution is -0.137. The van der Waals surface area contributed by atoms with Crippen LogP contribution in [0, 0.1) is 13.8 Å². The lowest BCUT2D eigenvalue weighted by Gasteiger charge is -2.36. The predicted octanol–water partition coefficient (Wildman–Crippen LogP) is 2.13. The Morgan fingerprint density at radius 1 is 0.970 bits per heavy atom. The molecule has 0 atom stereocenters. The second-order valence-corrected chi connectivity index (χ2v) is 9.74. The predicted molar refractivity (Wildman–Crippen MR) is 130 cm³/mol. The molecule has 0 bridgehead atoms. The molecule has 7 heteroatoms. The molecule has 180 valence electrons. The summed E-state index contributed by atoms with van der Waals surface area (Å²) in [4.78, 5) is 35.5. The first-order chi connectivity index (χ1) is 15.9. The highest BCUT2D eigenvalue weighted by Gasteiger charge is 2.42. The van der Waals surface area contributed by atoms with E-state index in [2.05, 4.69) is 41.7 Å². The van der Waals surface area contributed by atoms with Gasteiger partial charge in [-0.3, -0.25) is 19.4 Å². The maximum Gasteiger partial charge on any atom is 0.277 e. The molecule has 2 saturated heterocycles. The van der Waals surface area contributed by atoms with Gasteiger partial charge in [-0.15, -0.1) is 0 Å². The van der Waals surface area contributed by atoms with E-state index >= 15 is 0 Å². The molecule has 1 aromatic rings. The van der Waals surface area contributed by atoms with Gasteiger partial charge in [-0.1, -0.05) is 18.2 Å². The number of hydrogen-bond acceptors (Lipinski definition) is 6. The fraction of sp³-hybridized carbons (Fsp3) is 0.615. The molecule has 4 rings (SSSR count). The number of likely N-dealkylation sites (N-methyl/N-ethyl adjacent to an activating group) is 1. The third kappa shape index (κ3) is 5.15. The first-order valence-corrected chi connectivity index (χ1v) is 12.3. The number of likely N-dealkylation sites (tertiary alicyclic amines) is 1. The summed E-state index contributed by atoms with van der Waals surface area (Å²) in [6.45, 7) is 10.8. The normalized spacial score (nSPS) is 21.4. The van der Waals surface area contributed by atoms with Crippen molar-refractivity contribution in [2.75, 3.05) is 66.6 Å². The van der Waals surface area contributed by atoms with Crippen LogP contribution in [0.2, 0.25) is 0 Å². The largest absolute Gasteiger partial charge is 0.379 e. The van der Waals surface area contributed by atoms with E-state index in [0.29, 0.717) is 17.8 Å². The Bertz CT molecular complexity index is 914. The van der Waals surface area contributed by atoms with Crippen molar-refractivity contribution < 1.29 is 14.3 Å². The standard InChI is InChI=1S/C26H38N4O3/c1-19-6-7-21(18-20(19)2)23-24(28(4)22-8-12-27(3)13-9-22)26(32)30(25(23)31)11-5-10-29-14-16-33-17-15-29/h6-7,18,22H,5,8-17H2,1-4H3. The number of amides is 2. The minimum absolute atomic E-state index is 0.142. The van der Waals surface area contributed by atoms with E-state index in [1.165, 1.54) is 10.5 Å². The highest BCUT2D eigenvalue weighted by Crippen LogP contribution is 2.34. The van der Waals surface area contributed by atoms with Crippen molar-refractivity contribution in [1.82, 2.24) is 19.6 Å². The Labute approximate surface area is 197 Å². The molecule has 33 heavy (non-hydrogen) atoms. The Kier molecular flexibility index (Phi) is 7.51. The van der Waals surface area contributed by atoms with Crippen LogP contribution in [0.1, 0.15) is 36.0 Å². The molecule has 3 aliphatic rings. The molecule has 0 aromatic heterocycles. The molecule has 0 spiro atoms. The zero-order valence-electron chi connectivity index (χ0n) is 20.6. The zero-order valence-corrected chi connectivity index (χ0v) is 20.6. The summed E-state index contributed by atoms with van der Waals surface area (Å²) in [5.41, 5.74) is 4.30. The number of hydrogen-bond donors (Lipinski definition) is 0. The number of benzene rings is 1. The molecule has 0 saturated carbocycles. The van der Waals surface area contributed by atoms with Gasteiger partial charge in [-0.25, -0.2) is 0 Å². The molecule has 0 aliphatic carbocycles. The minimum atomic E-state index is -0.153. The van der Waals surface area contributed by atoms with Crippen molar-refractivity contribution in [3.63, 3.8) is 0 Å². The Balaban J connectivity index is 1.57. The van der Waals surface area contributed by atoms with E-state index in [-0.39, 0.29) is 17.9 Å². The van der Waals surface area contributed by atoms with Gasteiger partial charge in [0, 0.05) is 39.3 Å². The summed E-state index contributed by atoms with van der Waals surface area (Å²) in [6, 6.07) is 6.35. The van der Waals surface area contributed by atoms with Crippen molar-refractivity contribution in [2.24, 2.45) is 0 Å².